The number of ether oxygens (including phenoxy) is 2. The van der Waals surface area contributed by atoms with Crippen LogP contribution in [0.25, 0.3) is 0 Å². The summed E-state index contributed by atoms with van der Waals surface area (Å²) in [6, 6.07) is -0.346. The minimum atomic E-state index is -0.605. The lowest BCUT2D eigenvalue weighted by atomic mass is 10.2. The van der Waals surface area contributed by atoms with E-state index in [-0.39, 0.29) is 17.9 Å². The molecule has 2 heterocycles. The molecule has 94 valence electrons. The van der Waals surface area contributed by atoms with Gasteiger partial charge in [0.1, 0.15) is 17.1 Å². The average Bonchev–Trinajstić information content (AvgIpc) is 2.34. The minimum absolute atomic E-state index is 0.260. The summed E-state index contributed by atoms with van der Waals surface area (Å²) in [5, 5.41) is 0. The monoisotopic (exact) mass is 304 g/mol. The summed E-state index contributed by atoms with van der Waals surface area (Å²) in [7, 11) is 1.46. The van der Waals surface area contributed by atoms with Crippen LogP contribution in [0.3, 0.4) is 0 Å². The smallest absolute Gasteiger partial charge is 0.331 e. The Balaban J connectivity index is 2.42. The molecule has 0 aromatic rings. The molecule has 0 radical (unpaired) electrons. The summed E-state index contributed by atoms with van der Waals surface area (Å²) in [4.78, 5) is 25.8. The number of urea groups is 1. The normalized spacial score (nSPS) is 24.8. The Morgan fingerprint density at radius 1 is 1.53 bits per heavy atom. The van der Waals surface area contributed by atoms with E-state index < -0.39 is 4.83 Å². The Kier molecular flexibility index (Phi) is 3.28. The van der Waals surface area contributed by atoms with Gasteiger partial charge >= 0.3 is 12.0 Å². The molecule has 0 bridgehead atoms. The molecular formula is C10H13BrN2O4. The summed E-state index contributed by atoms with van der Waals surface area (Å²) < 4.78 is 10.7. The van der Waals surface area contributed by atoms with Gasteiger partial charge in [-0.2, -0.15) is 0 Å². The van der Waals surface area contributed by atoms with E-state index in [0.29, 0.717) is 25.5 Å². The zero-order valence-electron chi connectivity index (χ0n) is 9.60. The summed E-state index contributed by atoms with van der Waals surface area (Å²) >= 11 is 3.27. The van der Waals surface area contributed by atoms with Crippen LogP contribution in [0.1, 0.15) is 6.92 Å². The molecule has 17 heavy (non-hydrogen) atoms. The summed E-state index contributed by atoms with van der Waals surface area (Å²) in [6.07, 6.45) is 0. The summed E-state index contributed by atoms with van der Waals surface area (Å²) in [6.45, 7) is 3.03. The quantitative estimate of drug-likeness (QED) is 0.711. The van der Waals surface area contributed by atoms with Gasteiger partial charge in [0.25, 0.3) is 0 Å². The Labute approximate surface area is 107 Å². The van der Waals surface area contributed by atoms with Gasteiger partial charge < -0.3 is 9.47 Å². The maximum Gasteiger partial charge on any atom is 0.331 e. The third kappa shape index (κ3) is 1.88. The lowest BCUT2D eigenvalue weighted by Crippen LogP contribution is -2.56. The van der Waals surface area contributed by atoms with E-state index in [4.69, 9.17) is 9.47 Å². The van der Waals surface area contributed by atoms with Gasteiger partial charge in [0.15, 0.2) is 0 Å². The van der Waals surface area contributed by atoms with E-state index in [1.54, 1.807) is 0 Å². The van der Waals surface area contributed by atoms with E-state index in [9.17, 15) is 9.59 Å². The predicted octanol–water partition coefficient (Wildman–Crippen LogP) is 0.880. The van der Waals surface area contributed by atoms with Crippen molar-refractivity contribution in [3.05, 3.63) is 11.6 Å². The van der Waals surface area contributed by atoms with Crippen LogP contribution in [0, 0.1) is 0 Å². The standard InChI is InChI=1S/C10H13BrN2O4/c1-3-16-9-7-6(11)8(14)12(2)10(15)13(7)4-5-17-9/h6H,3-5H2,1-2H3. The fraction of sp³-hybridized carbons (Fsp3) is 0.600. The van der Waals surface area contributed by atoms with E-state index in [2.05, 4.69) is 15.9 Å². The van der Waals surface area contributed by atoms with E-state index >= 15 is 0 Å². The Morgan fingerprint density at radius 2 is 2.24 bits per heavy atom. The SMILES string of the molecule is CCOC1=C2C(Br)C(=O)N(C)C(=O)N2CCO1. The van der Waals surface area contributed by atoms with Crippen LogP contribution >= 0.6 is 15.9 Å². The van der Waals surface area contributed by atoms with Gasteiger partial charge in [0, 0.05) is 7.05 Å². The second-order valence-corrected chi connectivity index (χ2v) is 4.56. The van der Waals surface area contributed by atoms with E-state index in [1.807, 2.05) is 6.92 Å². The lowest BCUT2D eigenvalue weighted by molar-refractivity contribution is -0.128. The number of alkyl halides is 1. The number of hydrogen-bond acceptors (Lipinski definition) is 4. The molecule has 1 saturated heterocycles. The number of carbonyl (C=O) groups is 2. The van der Waals surface area contributed by atoms with Crippen molar-refractivity contribution in [2.45, 2.75) is 11.8 Å². The highest BCUT2D eigenvalue weighted by Gasteiger charge is 2.44. The number of imide groups is 1. The highest BCUT2D eigenvalue weighted by molar-refractivity contribution is 9.10. The van der Waals surface area contributed by atoms with Gasteiger partial charge in [-0.05, 0) is 6.92 Å². The molecule has 1 fully saturated rings. The molecule has 0 aromatic carbocycles. The van der Waals surface area contributed by atoms with Crippen LogP contribution in [0.2, 0.25) is 0 Å². The van der Waals surface area contributed by atoms with Crippen LogP contribution < -0.4 is 0 Å². The number of hydrogen-bond donors (Lipinski definition) is 0. The molecule has 0 aromatic heterocycles. The van der Waals surface area contributed by atoms with Crippen LogP contribution in [-0.4, -0.2) is 53.4 Å². The maximum atomic E-state index is 11.9. The lowest BCUT2D eigenvalue weighted by Gasteiger charge is -2.39. The van der Waals surface area contributed by atoms with E-state index in [1.165, 1.54) is 11.9 Å². The van der Waals surface area contributed by atoms with Gasteiger partial charge in [-0.3, -0.25) is 14.6 Å². The van der Waals surface area contributed by atoms with Gasteiger partial charge in [-0.25, -0.2) is 4.79 Å². The first-order valence-corrected chi connectivity index (χ1v) is 6.22. The molecule has 1 atom stereocenters. The molecule has 1 unspecified atom stereocenters. The van der Waals surface area contributed by atoms with Crippen LogP contribution in [0.5, 0.6) is 0 Å². The van der Waals surface area contributed by atoms with Crippen LogP contribution in [0.15, 0.2) is 11.6 Å². The van der Waals surface area contributed by atoms with Crippen molar-refractivity contribution in [3.63, 3.8) is 0 Å². The van der Waals surface area contributed by atoms with Gasteiger partial charge in [-0.15, -0.1) is 0 Å². The molecule has 0 saturated carbocycles. The van der Waals surface area contributed by atoms with Crippen LogP contribution in [-0.2, 0) is 14.3 Å². The van der Waals surface area contributed by atoms with Crippen molar-refractivity contribution in [2.75, 3.05) is 26.8 Å². The first-order valence-electron chi connectivity index (χ1n) is 5.30. The second-order valence-electron chi connectivity index (χ2n) is 3.65. The second kappa shape index (κ2) is 4.56. The fourth-order valence-electron chi connectivity index (χ4n) is 1.78. The van der Waals surface area contributed by atoms with Crippen molar-refractivity contribution in [1.82, 2.24) is 9.80 Å². The zero-order valence-corrected chi connectivity index (χ0v) is 11.2. The number of rotatable bonds is 2. The highest BCUT2D eigenvalue weighted by Crippen LogP contribution is 2.31. The molecule has 6 nitrogen and oxygen atoms in total. The van der Waals surface area contributed by atoms with Crippen molar-refractivity contribution >= 4 is 27.9 Å². The molecule has 0 aliphatic carbocycles. The largest absolute Gasteiger partial charge is 0.464 e. The van der Waals surface area contributed by atoms with Crippen molar-refractivity contribution in [3.8, 4) is 0 Å². The molecule has 2 rings (SSSR count). The molecule has 2 aliphatic heterocycles. The third-order valence-corrected chi connectivity index (χ3v) is 3.45. The van der Waals surface area contributed by atoms with Crippen molar-refractivity contribution < 1.29 is 19.1 Å². The van der Waals surface area contributed by atoms with Gasteiger partial charge in [0.2, 0.25) is 5.91 Å². The number of nitrogens with zero attached hydrogens (tertiary/aromatic N) is 2. The minimum Gasteiger partial charge on any atom is -0.464 e. The fourth-order valence-corrected chi connectivity index (χ4v) is 2.52. The van der Waals surface area contributed by atoms with Crippen LogP contribution in [0.4, 0.5) is 4.79 Å². The highest BCUT2D eigenvalue weighted by atomic mass is 79.9. The predicted molar refractivity (Wildman–Crippen MR) is 62.2 cm³/mol. The summed E-state index contributed by atoms with van der Waals surface area (Å²) in [5.74, 6) is -0.0561. The Morgan fingerprint density at radius 3 is 2.88 bits per heavy atom. The number of carbonyl (C=O) groups excluding carboxylic acids is 2. The van der Waals surface area contributed by atoms with E-state index in [0.717, 1.165) is 4.90 Å². The Hall–Kier alpha value is -1.24. The average molecular weight is 305 g/mol. The third-order valence-electron chi connectivity index (χ3n) is 2.63. The first kappa shape index (κ1) is 12.2. The Bertz CT molecular complexity index is 396. The molecule has 0 spiro atoms. The summed E-state index contributed by atoms with van der Waals surface area (Å²) in [5.41, 5.74) is 0.464. The number of amides is 3. The number of halogens is 1. The molecule has 3 amide bonds. The topological polar surface area (TPSA) is 59.1 Å². The van der Waals surface area contributed by atoms with Gasteiger partial charge in [0.05, 0.1) is 13.2 Å². The first-order chi connectivity index (χ1) is 8.07. The van der Waals surface area contributed by atoms with Gasteiger partial charge in [-0.1, -0.05) is 15.9 Å². The van der Waals surface area contributed by atoms with Crippen molar-refractivity contribution in [1.29, 1.82) is 0 Å². The zero-order chi connectivity index (χ0) is 12.6. The maximum absolute atomic E-state index is 11.9. The molecule has 0 N–H and O–H groups in total. The van der Waals surface area contributed by atoms with Crippen molar-refractivity contribution in [2.24, 2.45) is 0 Å². The molecular weight excluding hydrogens is 292 g/mol. The molecule has 7 heteroatoms. The molecule has 2 aliphatic rings. The number of fused-ring (bicyclic) bond motifs is 1.